The molecule has 0 aliphatic rings. The fourth-order valence-corrected chi connectivity index (χ4v) is 1.87. The fraction of sp³-hybridized carbons (Fsp3) is 0.867. The number of rotatable bonds is 11. The van der Waals surface area contributed by atoms with Crippen molar-refractivity contribution in [3.63, 3.8) is 0 Å². The maximum Gasteiger partial charge on any atom is 0.423 e. The highest BCUT2D eigenvalue weighted by atomic mass is 19.4. The van der Waals surface area contributed by atoms with Gasteiger partial charge in [-0.2, -0.15) is 26.3 Å². The summed E-state index contributed by atoms with van der Waals surface area (Å²) in [6.07, 6.45) is -14.8. The van der Waals surface area contributed by atoms with Crippen molar-refractivity contribution in [1.82, 2.24) is 5.32 Å². The molecule has 0 rings (SSSR count). The standard InChI is InChI=1S/C15H24F6N2O4/c1-13(2,26-3)12(25)23-9(6-4-5-7-22)10(24)8-27-11(14(16,17)18)15(19,20)21/h9,11H,4-8,22H2,1-3H3,(H,23,25). The van der Waals surface area contributed by atoms with Crippen molar-refractivity contribution in [2.24, 2.45) is 5.73 Å². The lowest BCUT2D eigenvalue weighted by molar-refractivity contribution is -0.319. The molecule has 1 unspecified atom stereocenters. The van der Waals surface area contributed by atoms with Gasteiger partial charge in [0.25, 0.3) is 5.91 Å². The normalized spacial score (nSPS) is 14.3. The first-order chi connectivity index (χ1) is 12.2. The van der Waals surface area contributed by atoms with E-state index in [0.29, 0.717) is 12.8 Å². The van der Waals surface area contributed by atoms with Crippen LogP contribution < -0.4 is 11.1 Å². The van der Waals surface area contributed by atoms with E-state index in [2.05, 4.69) is 10.1 Å². The van der Waals surface area contributed by atoms with E-state index in [9.17, 15) is 35.9 Å². The SMILES string of the molecule is COC(C)(C)C(=O)NC(CCCCN)C(=O)COC(C(F)(F)F)C(F)(F)F. The summed E-state index contributed by atoms with van der Waals surface area (Å²) < 4.78 is 83.6. The molecule has 6 nitrogen and oxygen atoms in total. The van der Waals surface area contributed by atoms with Gasteiger partial charge in [-0.1, -0.05) is 0 Å². The minimum atomic E-state index is -5.73. The van der Waals surface area contributed by atoms with E-state index in [0.717, 1.165) is 0 Å². The van der Waals surface area contributed by atoms with E-state index in [1.54, 1.807) is 0 Å². The van der Waals surface area contributed by atoms with Gasteiger partial charge in [-0.15, -0.1) is 0 Å². The van der Waals surface area contributed by atoms with Crippen LogP contribution in [0.4, 0.5) is 26.3 Å². The second-order valence-electron chi connectivity index (χ2n) is 6.27. The number of methoxy groups -OCH3 is 1. The average Bonchev–Trinajstić information content (AvgIpc) is 2.51. The molecule has 3 N–H and O–H groups in total. The molecule has 0 saturated heterocycles. The molecule has 0 saturated carbocycles. The number of carbonyl (C=O) groups is 2. The molecule has 0 aromatic heterocycles. The summed E-state index contributed by atoms with van der Waals surface area (Å²) in [5, 5.41) is 2.27. The molecule has 0 aromatic rings. The maximum atomic E-state index is 12.5. The van der Waals surface area contributed by atoms with Gasteiger partial charge in [0.1, 0.15) is 12.2 Å². The van der Waals surface area contributed by atoms with Crippen molar-refractivity contribution in [2.75, 3.05) is 20.3 Å². The predicted octanol–water partition coefficient (Wildman–Crippen LogP) is 2.10. The van der Waals surface area contributed by atoms with Crippen molar-refractivity contribution in [3.8, 4) is 0 Å². The number of hydrogen-bond acceptors (Lipinski definition) is 5. The molecule has 0 bridgehead atoms. The molecule has 0 heterocycles. The Morgan fingerprint density at radius 1 is 1.04 bits per heavy atom. The quantitative estimate of drug-likeness (QED) is 0.402. The summed E-state index contributed by atoms with van der Waals surface area (Å²) in [7, 11) is 1.23. The molecule has 0 aromatic carbocycles. The van der Waals surface area contributed by atoms with Gasteiger partial charge < -0.3 is 20.5 Å². The molecular weight excluding hydrogens is 386 g/mol. The summed E-state index contributed by atoms with van der Waals surface area (Å²) in [5.74, 6) is -1.87. The second kappa shape index (κ2) is 10.2. The van der Waals surface area contributed by atoms with Gasteiger partial charge in [-0.05, 0) is 39.7 Å². The number of amides is 1. The van der Waals surface area contributed by atoms with Gasteiger partial charge in [0.15, 0.2) is 5.78 Å². The molecule has 0 fully saturated rings. The topological polar surface area (TPSA) is 90.6 Å². The Labute approximate surface area is 152 Å². The van der Waals surface area contributed by atoms with Crippen molar-refractivity contribution < 1.29 is 45.4 Å². The third-order valence-corrected chi connectivity index (χ3v) is 3.68. The number of Topliss-reactive ketones (excluding diaryl/α,β-unsaturated/α-hetero) is 1. The lowest BCUT2D eigenvalue weighted by Crippen LogP contribution is -2.52. The van der Waals surface area contributed by atoms with Crippen LogP contribution in [0.3, 0.4) is 0 Å². The first kappa shape index (κ1) is 25.6. The number of halogens is 6. The van der Waals surface area contributed by atoms with E-state index in [4.69, 9.17) is 10.5 Å². The van der Waals surface area contributed by atoms with Crippen LogP contribution in [0, 0.1) is 0 Å². The number of nitrogens with two attached hydrogens (primary N) is 1. The van der Waals surface area contributed by atoms with E-state index >= 15 is 0 Å². The van der Waals surface area contributed by atoms with Crippen molar-refractivity contribution in [2.45, 2.75) is 63.2 Å². The van der Waals surface area contributed by atoms with Gasteiger partial charge in [-0.25, -0.2) is 0 Å². The third kappa shape index (κ3) is 8.89. The Hall–Kier alpha value is -1.40. The zero-order chi connectivity index (χ0) is 21.5. The molecular formula is C15H24F6N2O4. The summed E-state index contributed by atoms with van der Waals surface area (Å²) in [6.45, 7) is 1.55. The molecule has 0 aliphatic heterocycles. The first-order valence-corrected chi connectivity index (χ1v) is 8.00. The molecule has 27 heavy (non-hydrogen) atoms. The molecule has 160 valence electrons. The fourth-order valence-electron chi connectivity index (χ4n) is 1.87. The van der Waals surface area contributed by atoms with Crippen LogP contribution in [0.2, 0.25) is 0 Å². The average molecular weight is 410 g/mol. The Balaban J connectivity index is 5.15. The molecule has 0 aliphatic carbocycles. The number of unbranched alkanes of at least 4 members (excludes halogenated alkanes) is 1. The Morgan fingerprint density at radius 3 is 1.96 bits per heavy atom. The van der Waals surface area contributed by atoms with Gasteiger partial charge >= 0.3 is 12.4 Å². The third-order valence-electron chi connectivity index (χ3n) is 3.68. The van der Waals surface area contributed by atoms with Crippen LogP contribution >= 0.6 is 0 Å². The van der Waals surface area contributed by atoms with Gasteiger partial charge in [0.05, 0.1) is 6.04 Å². The van der Waals surface area contributed by atoms with Crippen LogP contribution in [0.1, 0.15) is 33.1 Å². The summed E-state index contributed by atoms with van der Waals surface area (Å²) in [6, 6.07) is -1.33. The summed E-state index contributed by atoms with van der Waals surface area (Å²) >= 11 is 0. The van der Waals surface area contributed by atoms with E-state index in [1.807, 2.05) is 0 Å². The van der Waals surface area contributed by atoms with E-state index in [1.165, 1.54) is 21.0 Å². The molecule has 0 spiro atoms. The molecule has 1 amide bonds. The Morgan fingerprint density at radius 2 is 1.56 bits per heavy atom. The molecule has 0 radical (unpaired) electrons. The predicted molar refractivity (Wildman–Crippen MR) is 82.8 cm³/mol. The Bertz CT molecular complexity index is 480. The van der Waals surface area contributed by atoms with E-state index < -0.39 is 48.4 Å². The number of ether oxygens (including phenoxy) is 2. The zero-order valence-electron chi connectivity index (χ0n) is 15.2. The first-order valence-electron chi connectivity index (χ1n) is 8.00. The number of hydrogen-bond donors (Lipinski definition) is 2. The number of alkyl halides is 6. The molecule has 12 heteroatoms. The van der Waals surface area contributed by atoms with Crippen molar-refractivity contribution in [1.29, 1.82) is 0 Å². The largest absolute Gasteiger partial charge is 0.423 e. The Kier molecular flexibility index (Phi) is 9.70. The zero-order valence-corrected chi connectivity index (χ0v) is 15.2. The van der Waals surface area contributed by atoms with Crippen LogP contribution in [-0.4, -0.2) is 62.1 Å². The van der Waals surface area contributed by atoms with Crippen LogP contribution in [0.25, 0.3) is 0 Å². The highest BCUT2D eigenvalue weighted by Gasteiger charge is 2.58. The number of carbonyl (C=O) groups excluding carboxylic acids is 2. The van der Waals surface area contributed by atoms with E-state index in [-0.39, 0.29) is 13.0 Å². The van der Waals surface area contributed by atoms with Gasteiger partial charge in [-0.3, -0.25) is 9.59 Å². The van der Waals surface area contributed by atoms with Crippen LogP contribution in [0.5, 0.6) is 0 Å². The smallest absolute Gasteiger partial charge is 0.369 e. The monoisotopic (exact) mass is 410 g/mol. The van der Waals surface area contributed by atoms with Crippen LogP contribution in [0.15, 0.2) is 0 Å². The number of ketones is 1. The minimum absolute atomic E-state index is 0.0202. The second-order valence-corrected chi connectivity index (χ2v) is 6.27. The van der Waals surface area contributed by atoms with Gasteiger partial charge in [0.2, 0.25) is 6.10 Å². The molecule has 1 atom stereocenters. The van der Waals surface area contributed by atoms with Crippen molar-refractivity contribution in [3.05, 3.63) is 0 Å². The lowest BCUT2D eigenvalue weighted by Gasteiger charge is -2.27. The van der Waals surface area contributed by atoms with Gasteiger partial charge in [0, 0.05) is 7.11 Å². The summed E-state index contributed by atoms with van der Waals surface area (Å²) in [4.78, 5) is 24.2. The highest BCUT2D eigenvalue weighted by molar-refractivity contribution is 5.92. The summed E-state index contributed by atoms with van der Waals surface area (Å²) in [5.41, 5.74) is 3.96. The number of nitrogens with one attached hydrogen (secondary N) is 1. The van der Waals surface area contributed by atoms with Crippen molar-refractivity contribution >= 4 is 11.7 Å². The lowest BCUT2D eigenvalue weighted by atomic mass is 10.0. The van der Waals surface area contributed by atoms with Crippen LogP contribution in [-0.2, 0) is 19.1 Å². The highest BCUT2D eigenvalue weighted by Crippen LogP contribution is 2.35. The minimum Gasteiger partial charge on any atom is -0.369 e. The maximum absolute atomic E-state index is 12.5.